The van der Waals surface area contributed by atoms with Crippen molar-refractivity contribution >= 4 is 51.3 Å². The van der Waals surface area contributed by atoms with Crippen LogP contribution >= 0.6 is 23.8 Å². The third-order valence-corrected chi connectivity index (χ3v) is 4.36. The average molecular weight is 428 g/mol. The molecule has 1 heterocycles. The molecule has 11 heteroatoms. The molecule has 0 aliphatic rings. The number of hydrogen-bond donors (Lipinski definition) is 3. The van der Waals surface area contributed by atoms with Crippen LogP contribution in [-0.2, 0) is 13.2 Å². The first-order valence-corrected chi connectivity index (χ1v) is 8.62. The molecule has 0 radical (unpaired) electrons. The van der Waals surface area contributed by atoms with Gasteiger partial charge in [0.15, 0.2) is 10.8 Å². The van der Waals surface area contributed by atoms with Crippen molar-refractivity contribution in [1.29, 1.82) is 0 Å². The second-order valence-electron chi connectivity index (χ2n) is 5.69. The van der Waals surface area contributed by atoms with Crippen molar-refractivity contribution in [2.75, 3.05) is 5.32 Å². The van der Waals surface area contributed by atoms with E-state index < -0.39 is 28.5 Å². The number of fused-ring (bicyclic) bond motifs is 1. The molecule has 0 spiro atoms. The number of aryl methyl sites for hydroxylation is 1. The van der Waals surface area contributed by atoms with Gasteiger partial charge in [-0.05, 0) is 23.7 Å². The lowest BCUT2D eigenvalue weighted by molar-refractivity contribution is -0.141. The summed E-state index contributed by atoms with van der Waals surface area (Å²) in [6.45, 7) is 0. The van der Waals surface area contributed by atoms with Gasteiger partial charge in [0.05, 0.1) is 0 Å². The van der Waals surface area contributed by atoms with E-state index in [0.717, 1.165) is 15.5 Å². The minimum Gasteiger partial charge on any atom is -0.331 e. The third kappa shape index (κ3) is 4.02. The molecule has 3 N–H and O–H groups in total. The fourth-order valence-electron chi connectivity index (χ4n) is 2.59. The van der Waals surface area contributed by atoms with Crippen LogP contribution in [0.5, 0.6) is 0 Å². The van der Waals surface area contributed by atoms with E-state index in [0.29, 0.717) is 5.69 Å². The zero-order valence-electron chi connectivity index (χ0n) is 14.3. The molecule has 0 fully saturated rings. The van der Waals surface area contributed by atoms with Crippen LogP contribution in [0.1, 0.15) is 16.2 Å². The van der Waals surface area contributed by atoms with E-state index in [2.05, 4.69) is 21.3 Å². The highest BCUT2D eigenvalue weighted by Gasteiger charge is 2.39. The van der Waals surface area contributed by atoms with Crippen molar-refractivity contribution in [3.63, 3.8) is 0 Å². The summed E-state index contributed by atoms with van der Waals surface area (Å²) in [5.41, 5.74) is 3.56. The fraction of sp³-hybridized carbons (Fsp3) is 0.118. The first kappa shape index (κ1) is 19.9. The molecular weight excluding hydrogens is 415 g/mol. The molecule has 0 aliphatic carbocycles. The van der Waals surface area contributed by atoms with Gasteiger partial charge in [0.1, 0.15) is 10.7 Å². The maximum absolute atomic E-state index is 12.9. The molecule has 1 amide bonds. The summed E-state index contributed by atoms with van der Waals surface area (Å²) in [7, 11) is 1.18. The SMILES string of the molecule is Cn1nc(C(F)(F)F)c(Cl)c1C(=O)NNC(=S)Nc1cccc2ccccc12. The van der Waals surface area contributed by atoms with Gasteiger partial charge in [-0.15, -0.1) is 0 Å². The second kappa shape index (κ2) is 7.64. The van der Waals surface area contributed by atoms with Gasteiger partial charge in [0.2, 0.25) is 0 Å². The van der Waals surface area contributed by atoms with Crippen LogP contribution in [0.3, 0.4) is 0 Å². The van der Waals surface area contributed by atoms with E-state index in [9.17, 15) is 18.0 Å². The minimum atomic E-state index is -4.77. The van der Waals surface area contributed by atoms with Crippen molar-refractivity contribution < 1.29 is 18.0 Å². The van der Waals surface area contributed by atoms with Gasteiger partial charge in [-0.25, -0.2) is 0 Å². The number of amides is 1. The van der Waals surface area contributed by atoms with Crippen LogP contribution in [0.4, 0.5) is 18.9 Å². The number of nitrogens with one attached hydrogen (secondary N) is 3. The normalized spacial score (nSPS) is 11.3. The monoisotopic (exact) mass is 427 g/mol. The molecule has 0 saturated heterocycles. The number of alkyl halides is 3. The van der Waals surface area contributed by atoms with Gasteiger partial charge < -0.3 is 5.32 Å². The summed E-state index contributed by atoms with van der Waals surface area (Å²) in [6, 6.07) is 13.2. The molecule has 146 valence electrons. The Morgan fingerprint density at radius 3 is 2.50 bits per heavy atom. The number of nitrogens with zero attached hydrogens (tertiary/aromatic N) is 2. The van der Waals surface area contributed by atoms with Crippen molar-refractivity contribution in [3.05, 3.63) is 58.9 Å². The van der Waals surface area contributed by atoms with Gasteiger partial charge in [-0.1, -0.05) is 48.0 Å². The molecular formula is C17H13ClF3N5OS. The number of benzene rings is 2. The molecule has 0 aliphatic heterocycles. The molecule has 3 aromatic rings. The Bertz CT molecular complexity index is 1060. The van der Waals surface area contributed by atoms with Gasteiger partial charge in [-0.3, -0.25) is 20.3 Å². The Balaban J connectivity index is 1.70. The number of hydrazine groups is 1. The predicted octanol–water partition coefficient (Wildman–Crippen LogP) is 3.88. The second-order valence-corrected chi connectivity index (χ2v) is 6.48. The number of carbonyl (C=O) groups excluding carboxylic acids is 1. The lowest BCUT2D eigenvalue weighted by atomic mass is 10.1. The maximum Gasteiger partial charge on any atom is 0.436 e. The first-order valence-electron chi connectivity index (χ1n) is 7.83. The third-order valence-electron chi connectivity index (χ3n) is 3.80. The summed E-state index contributed by atoms with van der Waals surface area (Å²) >= 11 is 10.8. The van der Waals surface area contributed by atoms with Crippen LogP contribution in [0, 0.1) is 0 Å². The zero-order valence-corrected chi connectivity index (χ0v) is 15.8. The van der Waals surface area contributed by atoms with E-state index >= 15 is 0 Å². The van der Waals surface area contributed by atoms with Crippen molar-refractivity contribution in [2.45, 2.75) is 6.18 Å². The molecule has 28 heavy (non-hydrogen) atoms. The van der Waals surface area contributed by atoms with Gasteiger partial charge >= 0.3 is 6.18 Å². The van der Waals surface area contributed by atoms with Crippen LogP contribution in [0.2, 0.25) is 5.02 Å². The number of thiocarbonyl (C=S) groups is 1. The molecule has 2 aromatic carbocycles. The Hall–Kier alpha value is -2.85. The first-order chi connectivity index (χ1) is 13.2. The Kier molecular flexibility index (Phi) is 5.43. The number of rotatable bonds is 2. The Morgan fingerprint density at radius 1 is 1.14 bits per heavy atom. The zero-order chi connectivity index (χ0) is 20.5. The lowest BCUT2D eigenvalue weighted by Crippen LogP contribution is -2.44. The van der Waals surface area contributed by atoms with Crippen LogP contribution < -0.4 is 16.2 Å². The molecule has 0 bridgehead atoms. The number of carbonyl (C=O) groups is 1. The highest BCUT2D eigenvalue weighted by atomic mass is 35.5. The standard InChI is InChI=1S/C17H13ClF3N5OS/c1-26-13(12(18)14(25-26)17(19,20)21)15(27)23-24-16(28)22-11-8-4-6-9-5-2-3-7-10(9)11/h2-8H,1H3,(H,23,27)(H2,22,24,28). The summed E-state index contributed by atoms with van der Waals surface area (Å²) in [4.78, 5) is 12.2. The number of aromatic nitrogens is 2. The van der Waals surface area contributed by atoms with E-state index in [1.165, 1.54) is 7.05 Å². The summed E-state index contributed by atoms with van der Waals surface area (Å²) in [5.74, 6) is -0.919. The Morgan fingerprint density at radius 2 is 1.82 bits per heavy atom. The van der Waals surface area contributed by atoms with Crippen LogP contribution in [0.15, 0.2) is 42.5 Å². The van der Waals surface area contributed by atoms with Gasteiger partial charge in [-0.2, -0.15) is 18.3 Å². The molecule has 0 saturated carbocycles. The average Bonchev–Trinajstić information content (AvgIpc) is 2.95. The smallest absolute Gasteiger partial charge is 0.331 e. The van der Waals surface area contributed by atoms with Gasteiger partial charge in [0.25, 0.3) is 5.91 Å². The molecule has 0 unspecified atom stereocenters. The number of hydrogen-bond acceptors (Lipinski definition) is 3. The molecule has 1 aromatic heterocycles. The summed E-state index contributed by atoms with van der Waals surface area (Å²) in [5, 5.41) is 7.32. The largest absolute Gasteiger partial charge is 0.436 e. The van der Waals surface area contributed by atoms with E-state index in [1.54, 1.807) is 6.07 Å². The highest BCUT2D eigenvalue weighted by molar-refractivity contribution is 7.80. The quantitative estimate of drug-likeness (QED) is 0.428. The minimum absolute atomic E-state index is 0.0408. The summed E-state index contributed by atoms with van der Waals surface area (Å²) < 4.78 is 39.3. The number of anilines is 1. The van der Waals surface area contributed by atoms with Gasteiger partial charge in [0, 0.05) is 18.1 Å². The fourth-order valence-corrected chi connectivity index (χ4v) is 3.10. The van der Waals surface area contributed by atoms with Crippen molar-refractivity contribution in [3.8, 4) is 0 Å². The van der Waals surface area contributed by atoms with Crippen LogP contribution in [-0.4, -0.2) is 20.8 Å². The van der Waals surface area contributed by atoms with E-state index in [4.69, 9.17) is 23.8 Å². The maximum atomic E-state index is 12.9. The van der Waals surface area contributed by atoms with E-state index in [-0.39, 0.29) is 5.11 Å². The summed E-state index contributed by atoms with van der Waals surface area (Å²) in [6.07, 6.45) is -4.77. The Labute approximate surface area is 167 Å². The highest BCUT2D eigenvalue weighted by Crippen LogP contribution is 2.35. The van der Waals surface area contributed by atoms with Crippen molar-refractivity contribution in [1.82, 2.24) is 20.6 Å². The topological polar surface area (TPSA) is 71.0 Å². The molecule has 6 nitrogen and oxygen atoms in total. The van der Waals surface area contributed by atoms with E-state index in [1.807, 2.05) is 36.4 Å². The lowest BCUT2D eigenvalue weighted by Gasteiger charge is -2.13. The molecule has 0 atom stereocenters. The molecule has 3 rings (SSSR count). The van der Waals surface area contributed by atoms with Crippen molar-refractivity contribution in [2.24, 2.45) is 7.05 Å². The predicted molar refractivity (Wildman–Crippen MR) is 104 cm³/mol. The number of halogens is 4. The van der Waals surface area contributed by atoms with Crippen LogP contribution in [0.25, 0.3) is 10.8 Å².